The number of nitrogens with two attached hydrogens (primary N) is 1. The fourth-order valence-electron chi connectivity index (χ4n) is 3.05. The summed E-state index contributed by atoms with van der Waals surface area (Å²) in [5.41, 5.74) is 7.18. The predicted octanol–water partition coefficient (Wildman–Crippen LogP) is 1.94. The summed E-state index contributed by atoms with van der Waals surface area (Å²) in [6, 6.07) is 8.80. The zero-order valence-corrected chi connectivity index (χ0v) is 13.0. The van der Waals surface area contributed by atoms with Crippen LogP contribution in [0.4, 0.5) is 0 Å². The first-order chi connectivity index (χ1) is 9.85. The van der Waals surface area contributed by atoms with E-state index in [-0.39, 0.29) is 23.3 Å². The number of benzene rings is 1. The Kier molecular flexibility index (Phi) is 4.47. The molecule has 1 amide bonds. The molecule has 1 heterocycles. The summed E-state index contributed by atoms with van der Waals surface area (Å²) in [7, 11) is 0. The molecule has 1 fully saturated rings. The summed E-state index contributed by atoms with van der Waals surface area (Å²) >= 11 is 0. The number of hydrogen-bond donors (Lipinski definition) is 1. The summed E-state index contributed by atoms with van der Waals surface area (Å²) < 4.78 is 0. The average molecular weight is 288 g/mol. The Bertz CT molecular complexity index is 513. The first kappa shape index (κ1) is 15.7. The smallest absolute Gasteiger partial charge is 0.240 e. The van der Waals surface area contributed by atoms with Gasteiger partial charge in [0.15, 0.2) is 0 Å². The Morgan fingerprint density at radius 3 is 2.57 bits per heavy atom. The molecule has 0 aromatic heterocycles. The van der Waals surface area contributed by atoms with E-state index in [4.69, 9.17) is 5.73 Å². The van der Waals surface area contributed by atoms with Gasteiger partial charge in [-0.25, -0.2) is 0 Å². The quantitative estimate of drug-likeness (QED) is 0.861. The number of nitrogens with zero attached hydrogens (tertiary/aromatic N) is 1. The molecule has 0 aliphatic carbocycles. The van der Waals surface area contributed by atoms with Gasteiger partial charge in [0.05, 0.1) is 12.1 Å². The third kappa shape index (κ3) is 3.32. The number of aldehydes is 1. The van der Waals surface area contributed by atoms with E-state index in [9.17, 15) is 9.59 Å². The molecule has 3 atom stereocenters. The zero-order valence-electron chi connectivity index (χ0n) is 13.0. The van der Waals surface area contributed by atoms with Gasteiger partial charge in [-0.3, -0.25) is 4.79 Å². The Morgan fingerprint density at radius 2 is 2.00 bits per heavy atom. The van der Waals surface area contributed by atoms with E-state index >= 15 is 0 Å². The lowest BCUT2D eigenvalue weighted by molar-refractivity contribution is -0.136. The van der Waals surface area contributed by atoms with Crippen LogP contribution in [0.5, 0.6) is 0 Å². The van der Waals surface area contributed by atoms with E-state index in [1.807, 2.05) is 37.3 Å². The molecule has 2 unspecified atom stereocenters. The van der Waals surface area contributed by atoms with Gasteiger partial charge >= 0.3 is 0 Å². The molecule has 2 N–H and O–H groups in total. The van der Waals surface area contributed by atoms with Gasteiger partial charge in [0, 0.05) is 12.5 Å². The highest BCUT2D eigenvalue weighted by Crippen LogP contribution is 2.34. The minimum Gasteiger partial charge on any atom is -0.331 e. The number of hydrogen-bond acceptors (Lipinski definition) is 3. The van der Waals surface area contributed by atoms with Gasteiger partial charge in [-0.05, 0) is 17.4 Å². The van der Waals surface area contributed by atoms with Crippen LogP contribution in [-0.4, -0.2) is 35.7 Å². The van der Waals surface area contributed by atoms with Crippen LogP contribution in [0.2, 0.25) is 0 Å². The number of amides is 1. The highest BCUT2D eigenvalue weighted by molar-refractivity contribution is 5.86. The van der Waals surface area contributed by atoms with Crippen molar-refractivity contribution in [3.05, 3.63) is 35.9 Å². The van der Waals surface area contributed by atoms with Crippen LogP contribution in [-0.2, 0) is 9.59 Å². The number of rotatable bonds is 4. The lowest BCUT2D eigenvalue weighted by Crippen LogP contribution is -2.49. The normalized spacial score (nSPS) is 23.6. The Hall–Kier alpha value is -1.68. The van der Waals surface area contributed by atoms with E-state index in [1.54, 1.807) is 4.90 Å². The molecule has 0 spiro atoms. The number of carbonyl (C=O) groups excluding carboxylic acids is 2. The monoisotopic (exact) mass is 288 g/mol. The van der Waals surface area contributed by atoms with Crippen LogP contribution in [0, 0.1) is 5.41 Å². The lowest BCUT2D eigenvalue weighted by Gasteiger charge is -2.28. The molecule has 4 nitrogen and oxygen atoms in total. The van der Waals surface area contributed by atoms with Crippen LogP contribution >= 0.6 is 0 Å². The maximum absolute atomic E-state index is 12.7. The summed E-state index contributed by atoms with van der Waals surface area (Å²) in [6.07, 6.45) is 1.57. The fraction of sp³-hybridized carbons (Fsp3) is 0.529. The molecule has 4 heteroatoms. The van der Waals surface area contributed by atoms with E-state index in [2.05, 4.69) is 13.8 Å². The predicted molar refractivity (Wildman–Crippen MR) is 82.8 cm³/mol. The molecule has 114 valence electrons. The third-order valence-corrected chi connectivity index (χ3v) is 4.35. The summed E-state index contributed by atoms with van der Waals surface area (Å²) in [5, 5.41) is 0. The Morgan fingerprint density at radius 1 is 1.38 bits per heavy atom. The fourth-order valence-corrected chi connectivity index (χ4v) is 3.05. The number of likely N-dealkylation sites (tertiary alicyclic amines) is 1. The molecule has 1 saturated heterocycles. The van der Waals surface area contributed by atoms with Crippen LogP contribution < -0.4 is 5.73 Å². The van der Waals surface area contributed by atoms with Gasteiger partial charge in [-0.2, -0.15) is 0 Å². The number of carbonyl (C=O) groups is 2. The molecule has 0 radical (unpaired) electrons. The van der Waals surface area contributed by atoms with Crippen molar-refractivity contribution in [3.8, 4) is 0 Å². The molecule has 21 heavy (non-hydrogen) atoms. The van der Waals surface area contributed by atoms with Crippen molar-refractivity contribution in [1.82, 2.24) is 4.90 Å². The van der Waals surface area contributed by atoms with Gasteiger partial charge in [0.25, 0.3) is 0 Å². The van der Waals surface area contributed by atoms with Crippen LogP contribution in [0.15, 0.2) is 30.3 Å². The van der Waals surface area contributed by atoms with Crippen molar-refractivity contribution in [2.45, 2.75) is 45.2 Å². The second kappa shape index (κ2) is 5.98. The van der Waals surface area contributed by atoms with Crippen molar-refractivity contribution in [1.29, 1.82) is 0 Å². The van der Waals surface area contributed by atoms with Crippen LogP contribution in [0.1, 0.15) is 38.7 Å². The van der Waals surface area contributed by atoms with Crippen molar-refractivity contribution in [3.63, 3.8) is 0 Å². The van der Waals surface area contributed by atoms with E-state index < -0.39 is 6.04 Å². The van der Waals surface area contributed by atoms with Gasteiger partial charge in [-0.15, -0.1) is 0 Å². The van der Waals surface area contributed by atoms with Crippen molar-refractivity contribution in [2.24, 2.45) is 11.1 Å². The van der Waals surface area contributed by atoms with E-state index in [1.165, 1.54) is 0 Å². The van der Waals surface area contributed by atoms with Crippen LogP contribution in [0.25, 0.3) is 0 Å². The van der Waals surface area contributed by atoms with Gasteiger partial charge in [0.2, 0.25) is 5.91 Å². The molecule has 1 aromatic carbocycles. The molecule has 1 aliphatic heterocycles. The van der Waals surface area contributed by atoms with Gasteiger partial charge in [-0.1, -0.05) is 51.1 Å². The Balaban J connectivity index is 2.14. The van der Waals surface area contributed by atoms with E-state index in [0.717, 1.165) is 11.8 Å². The molecule has 1 aromatic rings. The molecular formula is C17H24N2O2. The zero-order chi connectivity index (χ0) is 15.6. The highest BCUT2D eigenvalue weighted by Gasteiger charge is 2.42. The lowest BCUT2D eigenvalue weighted by atomic mass is 9.91. The maximum atomic E-state index is 12.7. The van der Waals surface area contributed by atoms with Crippen molar-refractivity contribution < 1.29 is 9.59 Å². The van der Waals surface area contributed by atoms with Gasteiger partial charge < -0.3 is 15.4 Å². The highest BCUT2D eigenvalue weighted by atomic mass is 16.2. The third-order valence-electron chi connectivity index (χ3n) is 4.35. The molecule has 2 rings (SSSR count). The summed E-state index contributed by atoms with van der Waals surface area (Å²) in [6.45, 7) is 6.69. The maximum Gasteiger partial charge on any atom is 0.240 e. The first-order valence-electron chi connectivity index (χ1n) is 7.42. The van der Waals surface area contributed by atoms with Crippen LogP contribution in [0.3, 0.4) is 0 Å². The summed E-state index contributed by atoms with van der Waals surface area (Å²) in [5.74, 6) is -0.205. The molecule has 1 aliphatic rings. The average Bonchev–Trinajstić information content (AvgIpc) is 2.81. The van der Waals surface area contributed by atoms with Crippen molar-refractivity contribution >= 4 is 12.2 Å². The van der Waals surface area contributed by atoms with E-state index in [0.29, 0.717) is 13.0 Å². The largest absolute Gasteiger partial charge is 0.331 e. The second-order valence-corrected chi connectivity index (χ2v) is 6.76. The minimum atomic E-state index is -0.622. The molecular weight excluding hydrogens is 264 g/mol. The van der Waals surface area contributed by atoms with Crippen molar-refractivity contribution in [2.75, 3.05) is 6.54 Å². The minimum absolute atomic E-state index is 0.0308. The Labute approximate surface area is 126 Å². The summed E-state index contributed by atoms with van der Waals surface area (Å²) in [4.78, 5) is 25.5. The molecule has 0 bridgehead atoms. The standard InChI is InChI=1S/C17H24N2O2/c1-12(13-7-5-4-6-8-13)15(18)16(21)19-11-17(2,3)9-14(19)10-20/h4-8,10,12,14-15H,9,11,18H2,1-3H3/t12-,14?,15?/m1/s1. The first-order valence-corrected chi connectivity index (χ1v) is 7.42. The van der Waals surface area contributed by atoms with Gasteiger partial charge in [0.1, 0.15) is 6.29 Å². The molecule has 0 saturated carbocycles. The SMILES string of the molecule is C[C@H](c1ccccc1)C(N)C(=O)N1CC(C)(C)CC1C=O. The second-order valence-electron chi connectivity index (χ2n) is 6.76. The topological polar surface area (TPSA) is 63.4 Å².